The number of imide groups is 1. The maximum atomic E-state index is 13.1. The van der Waals surface area contributed by atoms with Crippen molar-refractivity contribution in [2.75, 3.05) is 7.11 Å². The van der Waals surface area contributed by atoms with E-state index in [0.29, 0.717) is 29.9 Å². The molecule has 0 aromatic heterocycles. The molecule has 33 heavy (non-hydrogen) atoms. The van der Waals surface area contributed by atoms with Gasteiger partial charge in [-0.25, -0.2) is 0 Å². The van der Waals surface area contributed by atoms with E-state index in [1.165, 1.54) is 0 Å². The molecule has 2 amide bonds. The Labute approximate surface area is 205 Å². The highest BCUT2D eigenvalue weighted by Gasteiger charge is 2.67. The maximum Gasteiger partial charge on any atom is 0.254 e. The van der Waals surface area contributed by atoms with Gasteiger partial charge in [0, 0.05) is 0 Å². The Kier molecular flexibility index (Phi) is 5.05. The highest BCUT2D eigenvalue weighted by molar-refractivity contribution is 14.1. The zero-order valence-corrected chi connectivity index (χ0v) is 20.2. The fraction of sp³-hybridized carbons (Fsp3) is 0.346. The number of rotatable bonds is 6. The van der Waals surface area contributed by atoms with E-state index >= 15 is 0 Å². The van der Waals surface area contributed by atoms with Crippen molar-refractivity contribution in [2.24, 2.45) is 40.6 Å². The van der Waals surface area contributed by atoms with Gasteiger partial charge in [0.2, 0.25) is 0 Å². The van der Waals surface area contributed by atoms with Crippen molar-refractivity contribution >= 4 is 40.6 Å². The van der Waals surface area contributed by atoms with Gasteiger partial charge in [0.05, 0.1) is 28.7 Å². The van der Waals surface area contributed by atoms with Crippen LogP contribution in [0.25, 0.3) is 0 Å². The van der Waals surface area contributed by atoms with Crippen LogP contribution in [0.4, 0.5) is 0 Å². The first-order chi connectivity index (χ1) is 16.1. The van der Waals surface area contributed by atoms with Crippen LogP contribution in [0.5, 0.6) is 11.5 Å². The van der Waals surface area contributed by atoms with E-state index in [1.807, 2.05) is 42.5 Å². The molecular formula is C26H23IN2O4. The van der Waals surface area contributed by atoms with Crippen LogP contribution in [0.2, 0.25) is 0 Å². The minimum atomic E-state index is -0.239. The van der Waals surface area contributed by atoms with Gasteiger partial charge < -0.3 is 9.47 Å². The van der Waals surface area contributed by atoms with Crippen molar-refractivity contribution in [2.45, 2.75) is 13.0 Å². The number of nitrogens with zero attached hydrogens (tertiary/aromatic N) is 2. The molecule has 0 radical (unpaired) electrons. The van der Waals surface area contributed by atoms with Gasteiger partial charge in [0.25, 0.3) is 11.8 Å². The third-order valence-electron chi connectivity index (χ3n) is 7.44. The number of halogens is 1. The second kappa shape index (κ2) is 7.97. The summed E-state index contributed by atoms with van der Waals surface area (Å²) in [6.07, 6.45) is 7.05. The zero-order valence-electron chi connectivity index (χ0n) is 18.1. The van der Waals surface area contributed by atoms with Crippen LogP contribution >= 0.6 is 22.6 Å². The Morgan fingerprint density at radius 2 is 1.73 bits per heavy atom. The minimum Gasteiger partial charge on any atom is -0.493 e. The van der Waals surface area contributed by atoms with Crippen LogP contribution in [-0.4, -0.2) is 30.1 Å². The smallest absolute Gasteiger partial charge is 0.254 e. The molecule has 6 atom stereocenters. The Balaban J connectivity index is 1.21. The predicted molar refractivity (Wildman–Crippen MR) is 131 cm³/mol. The van der Waals surface area contributed by atoms with Gasteiger partial charge in [-0.05, 0) is 75.9 Å². The summed E-state index contributed by atoms with van der Waals surface area (Å²) in [5.41, 5.74) is 1.80. The molecule has 2 aromatic rings. The molecule has 7 heteroatoms. The summed E-state index contributed by atoms with van der Waals surface area (Å²) < 4.78 is 12.4. The lowest BCUT2D eigenvalue weighted by atomic mass is 9.63. The molecule has 168 valence electrons. The van der Waals surface area contributed by atoms with Crippen molar-refractivity contribution in [3.05, 3.63) is 69.3 Å². The van der Waals surface area contributed by atoms with E-state index in [4.69, 9.17) is 9.47 Å². The van der Waals surface area contributed by atoms with E-state index in [1.54, 1.807) is 13.3 Å². The van der Waals surface area contributed by atoms with Crippen LogP contribution in [0.15, 0.2) is 59.7 Å². The van der Waals surface area contributed by atoms with E-state index in [9.17, 15) is 9.59 Å². The number of benzene rings is 2. The Bertz CT molecular complexity index is 1160. The predicted octanol–water partition coefficient (Wildman–Crippen LogP) is 4.27. The first kappa shape index (κ1) is 20.9. The Hall–Kier alpha value is -2.68. The van der Waals surface area contributed by atoms with Crippen LogP contribution < -0.4 is 9.47 Å². The average molecular weight is 554 g/mol. The second-order valence-electron chi connectivity index (χ2n) is 9.20. The van der Waals surface area contributed by atoms with Crippen molar-refractivity contribution in [1.29, 1.82) is 0 Å². The molecule has 6 nitrogen and oxygen atoms in total. The Morgan fingerprint density at radius 1 is 1.06 bits per heavy atom. The minimum absolute atomic E-state index is 0.157. The van der Waals surface area contributed by atoms with Crippen molar-refractivity contribution in [3.63, 3.8) is 0 Å². The molecule has 2 aromatic carbocycles. The van der Waals surface area contributed by atoms with Crippen LogP contribution in [0, 0.1) is 39.1 Å². The lowest BCUT2D eigenvalue weighted by Gasteiger charge is -2.37. The first-order valence-corrected chi connectivity index (χ1v) is 12.3. The number of hydrazone groups is 1. The highest BCUT2D eigenvalue weighted by atomic mass is 127. The molecule has 5 aliphatic rings. The molecule has 7 rings (SSSR count). The molecule has 4 aliphatic carbocycles. The Morgan fingerprint density at radius 3 is 2.36 bits per heavy atom. The number of hydrogen-bond donors (Lipinski definition) is 0. The summed E-state index contributed by atoms with van der Waals surface area (Å²) in [6, 6.07) is 13.7. The average Bonchev–Trinajstić information content (AvgIpc) is 3.61. The number of carbonyl (C=O) groups is 2. The van der Waals surface area contributed by atoms with Gasteiger partial charge in [0.15, 0.2) is 11.5 Å². The lowest BCUT2D eigenvalue weighted by Crippen LogP contribution is -2.40. The van der Waals surface area contributed by atoms with Crippen molar-refractivity contribution in [3.8, 4) is 11.5 Å². The van der Waals surface area contributed by atoms with Crippen LogP contribution in [0.3, 0.4) is 0 Å². The quantitative estimate of drug-likeness (QED) is 0.232. The largest absolute Gasteiger partial charge is 0.493 e. The first-order valence-electron chi connectivity index (χ1n) is 11.2. The molecule has 1 saturated heterocycles. The van der Waals surface area contributed by atoms with Crippen molar-refractivity contribution in [1.82, 2.24) is 5.01 Å². The summed E-state index contributed by atoms with van der Waals surface area (Å²) in [4.78, 5) is 26.2. The monoisotopic (exact) mass is 554 g/mol. The number of carbonyl (C=O) groups excluding carboxylic acids is 2. The normalized spacial score (nSPS) is 31.2. The standard InChI is InChI=1S/C26H23IN2O4/c1-32-21-10-15(9-20(27)24(21)33-13-14-5-3-2-4-6-14)12-28-29-25(30)22-16-7-8-17(19-11-18(16)19)23(22)26(29)31/h2-10,12,16-19,22-23H,11,13H2,1H3/t16-,17-,18-,19+,22-,23+/m0/s1. The van der Waals surface area contributed by atoms with Crippen LogP contribution in [-0.2, 0) is 16.2 Å². The number of allylic oxidation sites excluding steroid dienone is 2. The molecule has 2 saturated carbocycles. The van der Waals surface area contributed by atoms with Gasteiger partial charge >= 0.3 is 0 Å². The number of amides is 2. The third kappa shape index (κ3) is 3.39. The fourth-order valence-electron chi connectivity index (χ4n) is 5.86. The molecule has 0 unspecified atom stereocenters. The summed E-state index contributed by atoms with van der Waals surface area (Å²) in [6.45, 7) is 0.429. The summed E-state index contributed by atoms with van der Waals surface area (Å²) in [5.74, 6) is 1.99. The van der Waals surface area contributed by atoms with Gasteiger partial charge in [-0.15, -0.1) is 0 Å². The van der Waals surface area contributed by atoms with Crippen LogP contribution in [0.1, 0.15) is 17.5 Å². The highest BCUT2D eigenvalue weighted by Crippen LogP contribution is 2.65. The van der Waals surface area contributed by atoms with E-state index in [-0.39, 0.29) is 35.5 Å². The molecule has 1 aliphatic heterocycles. The molecule has 2 bridgehead atoms. The molecular weight excluding hydrogens is 531 g/mol. The van der Waals surface area contributed by atoms with Crippen molar-refractivity contribution < 1.29 is 19.1 Å². The van der Waals surface area contributed by atoms with Gasteiger partial charge in [-0.3, -0.25) is 9.59 Å². The molecule has 3 fully saturated rings. The summed E-state index contributed by atoms with van der Waals surface area (Å²) in [7, 11) is 1.59. The van der Waals surface area contributed by atoms with Gasteiger partial charge in [-0.1, -0.05) is 42.5 Å². The lowest BCUT2D eigenvalue weighted by molar-refractivity contribution is -0.140. The van der Waals surface area contributed by atoms with E-state index in [0.717, 1.165) is 26.1 Å². The number of hydrogen-bond acceptors (Lipinski definition) is 5. The third-order valence-corrected chi connectivity index (χ3v) is 8.24. The summed E-state index contributed by atoms with van der Waals surface area (Å²) >= 11 is 2.20. The molecule has 1 heterocycles. The molecule has 0 N–H and O–H groups in total. The molecule has 0 spiro atoms. The SMILES string of the molecule is COc1cc(C=NN2C(=O)[C@@H]3[C@H]4C=C[C@@H]([C@@H]5C[C@H]45)[C@@H]3C2=O)cc(I)c1OCc1ccccc1. The van der Waals surface area contributed by atoms with Gasteiger partial charge in [-0.2, -0.15) is 10.1 Å². The number of methoxy groups -OCH3 is 1. The van der Waals surface area contributed by atoms with E-state index < -0.39 is 0 Å². The topological polar surface area (TPSA) is 68.2 Å². The zero-order chi connectivity index (χ0) is 22.7. The van der Waals surface area contributed by atoms with Gasteiger partial charge in [0.1, 0.15) is 6.61 Å². The second-order valence-corrected chi connectivity index (χ2v) is 10.4. The summed E-state index contributed by atoms with van der Waals surface area (Å²) in [5, 5.41) is 5.44. The maximum absolute atomic E-state index is 13.1. The fourth-order valence-corrected chi connectivity index (χ4v) is 6.64. The van der Waals surface area contributed by atoms with E-state index in [2.05, 4.69) is 39.8 Å². The number of ether oxygens (including phenoxy) is 2.